The summed E-state index contributed by atoms with van der Waals surface area (Å²) in [5, 5.41) is 12.5. The molecule has 0 aliphatic carbocycles. The molecule has 0 radical (unpaired) electrons. The first-order valence-corrected chi connectivity index (χ1v) is 6.90. The van der Waals surface area contributed by atoms with Crippen LogP contribution in [0, 0.1) is 20.8 Å². The van der Waals surface area contributed by atoms with E-state index in [1.54, 1.807) is 0 Å². The van der Waals surface area contributed by atoms with Crippen molar-refractivity contribution in [3.63, 3.8) is 0 Å². The number of carbonyl (C=O) groups is 1. The fourth-order valence-electron chi connectivity index (χ4n) is 2.69. The smallest absolute Gasteiger partial charge is 0.169 e. The summed E-state index contributed by atoms with van der Waals surface area (Å²) < 4.78 is 0. The molecule has 2 rings (SSSR count). The summed E-state index contributed by atoms with van der Waals surface area (Å²) in [5.74, 6) is -0.0262. The van der Waals surface area contributed by atoms with Gasteiger partial charge < -0.3 is 5.21 Å². The maximum Gasteiger partial charge on any atom is 0.169 e. The maximum atomic E-state index is 12.5. The molecule has 0 aliphatic rings. The van der Waals surface area contributed by atoms with Crippen LogP contribution in [0.15, 0.2) is 47.6 Å². The molecular formula is C18H19NO2. The van der Waals surface area contributed by atoms with E-state index in [1.807, 2.05) is 63.2 Å². The van der Waals surface area contributed by atoms with Crippen LogP contribution >= 0.6 is 0 Å². The summed E-state index contributed by atoms with van der Waals surface area (Å²) in [5.41, 5.74) is 4.93. The predicted molar refractivity (Wildman–Crippen MR) is 84.4 cm³/mol. The molecule has 0 aliphatic heterocycles. The highest BCUT2D eigenvalue weighted by Crippen LogP contribution is 2.19. The van der Waals surface area contributed by atoms with Gasteiger partial charge in [-0.3, -0.25) is 4.79 Å². The van der Waals surface area contributed by atoms with Crippen molar-refractivity contribution in [3.05, 3.63) is 70.3 Å². The minimum absolute atomic E-state index is 0.0262. The molecule has 0 saturated carbocycles. The van der Waals surface area contributed by atoms with Gasteiger partial charge in [0.15, 0.2) is 5.78 Å². The fourth-order valence-corrected chi connectivity index (χ4v) is 2.69. The highest BCUT2D eigenvalue weighted by atomic mass is 16.4. The Labute approximate surface area is 124 Å². The van der Waals surface area contributed by atoms with Gasteiger partial charge in [0, 0.05) is 5.56 Å². The third kappa shape index (κ3) is 3.37. The van der Waals surface area contributed by atoms with Crippen LogP contribution in [0.4, 0.5) is 0 Å². The number of hydrogen-bond donors (Lipinski definition) is 1. The number of benzene rings is 2. The van der Waals surface area contributed by atoms with Crippen molar-refractivity contribution in [2.45, 2.75) is 27.2 Å². The monoisotopic (exact) mass is 281 g/mol. The van der Waals surface area contributed by atoms with Gasteiger partial charge in [-0.15, -0.1) is 0 Å². The number of ketones is 1. The van der Waals surface area contributed by atoms with E-state index in [0.29, 0.717) is 5.71 Å². The van der Waals surface area contributed by atoms with E-state index in [-0.39, 0.29) is 12.2 Å². The van der Waals surface area contributed by atoms with Gasteiger partial charge in [0.05, 0.1) is 12.1 Å². The van der Waals surface area contributed by atoms with E-state index >= 15 is 0 Å². The van der Waals surface area contributed by atoms with Crippen LogP contribution in [0.2, 0.25) is 0 Å². The van der Waals surface area contributed by atoms with E-state index in [4.69, 9.17) is 0 Å². The van der Waals surface area contributed by atoms with Crippen molar-refractivity contribution in [3.8, 4) is 0 Å². The van der Waals surface area contributed by atoms with Gasteiger partial charge >= 0.3 is 0 Å². The average Bonchev–Trinajstić information content (AvgIpc) is 2.44. The summed E-state index contributed by atoms with van der Waals surface area (Å²) in [6.07, 6.45) is 0.0885. The Bertz CT molecular complexity index is 665. The molecule has 0 atom stereocenters. The van der Waals surface area contributed by atoms with E-state index in [0.717, 1.165) is 27.8 Å². The Morgan fingerprint density at radius 1 is 1.05 bits per heavy atom. The number of carbonyl (C=O) groups excluding carboxylic acids is 1. The number of Topliss-reactive ketones (excluding diaryl/α,β-unsaturated/α-hetero) is 1. The highest BCUT2D eigenvalue weighted by Gasteiger charge is 2.16. The third-order valence-electron chi connectivity index (χ3n) is 3.51. The molecule has 2 aromatic rings. The normalized spacial score (nSPS) is 11.5. The van der Waals surface area contributed by atoms with Crippen LogP contribution in [-0.2, 0) is 0 Å². The minimum atomic E-state index is -0.0262. The predicted octanol–water partition coefficient (Wildman–Crippen LogP) is 4.06. The van der Waals surface area contributed by atoms with Crippen LogP contribution in [0.5, 0.6) is 0 Å². The molecule has 0 spiro atoms. The minimum Gasteiger partial charge on any atom is -0.411 e. The Morgan fingerprint density at radius 2 is 1.62 bits per heavy atom. The number of nitrogens with zero attached hydrogens (tertiary/aromatic N) is 1. The lowest BCUT2D eigenvalue weighted by Gasteiger charge is -2.11. The van der Waals surface area contributed by atoms with Crippen LogP contribution in [0.25, 0.3) is 0 Å². The van der Waals surface area contributed by atoms with Crippen molar-refractivity contribution in [2.24, 2.45) is 5.16 Å². The molecule has 21 heavy (non-hydrogen) atoms. The third-order valence-corrected chi connectivity index (χ3v) is 3.51. The van der Waals surface area contributed by atoms with Gasteiger partial charge in [0.25, 0.3) is 0 Å². The van der Waals surface area contributed by atoms with Gasteiger partial charge in [0.2, 0.25) is 0 Å². The van der Waals surface area contributed by atoms with Gasteiger partial charge in [-0.2, -0.15) is 0 Å². The number of rotatable bonds is 4. The molecule has 0 unspecified atom stereocenters. The zero-order valence-electron chi connectivity index (χ0n) is 12.6. The molecule has 0 aromatic heterocycles. The molecule has 2 aromatic carbocycles. The van der Waals surface area contributed by atoms with Gasteiger partial charge in [0.1, 0.15) is 0 Å². The second-order valence-corrected chi connectivity index (χ2v) is 5.29. The zero-order valence-corrected chi connectivity index (χ0v) is 12.6. The second-order valence-electron chi connectivity index (χ2n) is 5.29. The Kier molecular flexibility index (Phi) is 4.53. The molecular weight excluding hydrogens is 262 g/mol. The molecule has 1 N–H and O–H groups in total. The summed E-state index contributed by atoms with van der Waals surface area (Å²) in [6.45, 7) is 5.88. The van der Waals surface area contributed by atoms with Crippen LogP contribution in [0.3, 0.4) is 0 Å². The van der Waals surface area contributed by atoms with E-state index in [9.17, 15) is 10.0 Å². The van der Waals surface area contributed by atoms with Crippen LogP contribution in [-0.4, -0.2) is 16.7 Å². The SMILES string of the molecule is Cc1cc(C)c(C(=O)C/C(=N\O)c2ccccc2)c(C)c1. The summed E-state index contributed by atoms with van der Waals surface area (Å²) in [7, 11) is 0. The fraction of sp³-hybridized carbons (Fsp3) is 0.222. The summed E-state index contributed by atoms with van der Waals surface area (Å²) in [6, 6.07) is 13.3. The van der Waals surface area contributed by atoms with Crippen molar-refractivity contribution in [1.29, 1.82) is 0 Å². The molecule has 0 fully saturated rings. The highest BCUT2D eigenvalue weighted by molar-refractivity contribution is 6.16. The molecule has 3 heteroatoms. The van der Waals surface area contributed by atoms with E-state index in [1.165, 1.54) is 0 Å². The standard InChI is InChI=1S/C18H19NO2/c1-12-9-13(2)18(14(3)10-12)17(20)11-16(19-21)15-7-5-4-6-8-15/h4-10,21H,11H2,1-3H3/b19-16+. The number of hydrogen-bond acceptors (Lipinski definition) is 3. The molecule has 0 bridgehead atoms. The molecule has 0 amide bonds. The number of aryl methyl sites for hydroxylation is 3. The lowest BCUT2D eigenvalue weighted by atomic mass is 9.93. The van der Waals surface area contributed by atoms with E-state index < -0.39 is 0 Å². The van der Waals surface area contributed by atoms with Crippen molar-refractivity contribution < 1.29 is 10.0 Å². The first kappa shape index (κ1) is 15.0. The van der Waals surface area contributed by atoms with Crippen LogP contribution < -0.4 is 0 Å². The average molecular weight is 281 g/mol. The molecule has 108 valence electrons. The number of oxime groups is 1. The molecule has 0 heterocycles. The Balaban J connectivity index is 2.30. The lowest BCUT2D eigenvalue weighted by Crippen LogP contribution is -2.12. The quantitative estimate of drug-likeness (QED) is 0.397. The van der Waals surface area contributed by atoms with E-state index in [2.05, 4.69) is 5.16 Å². The topological polar surface area (TPSA) is 49.7 Å². The first-order chi connectivity index (χ1) is 10.0. The van der Waals surface area contributed by atoms with Crippen LogP contribution in [0.1, 0.15) is 39.0 Å². The van der Waals surface area contributed by atoms with Gasteiger partial charge in [-0.1, -0.05) is 53.2 Å². The van der Waals surface area contributed by atoms with Crippen molar-refractivity contribution >= 4 is 11.5 Å². The Morgan fingerprint density at radius 3 is 2.14 bits per heavy atom. The first-order valence-electron chi connectivity index (χ1n) is 6.90. The zero-order chi connectivity index (χ0) is 15.4. The largest absolute Gasteiger partial charge is 0.411 e. The van der Waals surface area contributed by atoms with Gasteiger partial charge in [-0.25, -0.2) is 0 Å². The van der Waals surface area contributed by atoms with Gasteiger partial charge in [-0.05, 0) is 37.5 Å². The molecule has 0 saturated heterocycles. The second kappa shape index (κ2) is 6.35. The maximum absolute atomic E-state index is 12.5. The summed E-state index contributed by atoms with van der Waals surface area (Å²) in [4.78, 5) is 12.5. The van der Waals surface area contributed by atoms with Crippen molar-refractivity contribution in [2.75, 3.05) is 0 Å². The molecule has 3 nitrogen and oxygen atoms in total. The summed E-state index contributed by atoms with van der Waals surface area (Å²) >= 11 is 0. The Hall–Kier alpha value is -2.42. The van der Waals surface area contributed by atoms with Crippen molar-refractivity contribution in [1.82, 2.24) is 0 Å². The lowest BCUT2D eigenvalue weighted by molar-refractivity contribution is 0.0998.